The standard InChI is InChI=1S/C11H11Cl2NO2/c1-2-3-6-16-11(15)14-8-4-5-9(12)10(13)7-8/h2-5,7H,6H2,1H3,(H,14,15)/b3-2+. The molecule has 0 radical (unpaired) electrons. The van der Waals surface area contributed by atoms with E-state index in [-0.39, 0.29) is 6.61 Å². The van der Waals surface area contributed by atoms with Crippen LogP contribution in [0.5, 0.6) is 0 Å². The van der Waals surface area contributed by atoms with Crippen molar-refractivity contribution in [2.24, 2.45) is 0 Å². The van der Waals surface area contributed by atoms with E-state index in [2.05, 4.69) is 5.32 Å². The van der Waals surface area contributed by atoms with E-state index in [9.17, 15) is 4.79 Å². The van der Waals surface area contributed by atoms with Gasteiger partial charge in [-0.25, -0.2) is 4.79 Å². The zero-order valence-corrected chi connectivity index (χ0v) is 10.2. The molecule has 0 spiro atoms. The van der Waals surface area contributed by atoms with Crippen molar-refractivity contribution in [2.75, 3.05) is 11.9 Å². The summed E-state index contributed by atoms with van der Waals surface area (Å²) in [5.41, 5.74) is 0.542. The molecule has 86 valence electrons. The van der Waals surface area contributed by atoms with E-state index in [4.69, 9.17) is 27.9 Å². The van der Waals surface area contributed by atoms with Crippen molar-refractivity contribution in [3.63, 3.8) is 0 Å². The fourth-order valence-corrected chi connectivity index (χ4v) is 1.25. The third-order valence-electron chi connectivity index (χ3n) is 1.71. The van der Waals surface area contributed by atoms with Crippen molar-refractivity contribution in [2.45, 2.75) is 6.92 Å². The van der Waals surface area contributed by atoms with Gasteiger partial charge in [0.15, 0.2) is 0 Å². The molecule has 5 heteroatoms. The summed E-state index contributed by atoms with van der Waals surface area (Å²) >= 11 is 11.5. The molecule has 0 aliphatic rings. The molecule has 16 heavy (non-hydrogen) atoms. The fourth-order valence-electron chi connectivity index (χ4n) is 0.948. The smallest absolute Gasteiger partial charge is 0.411 e. The molecule has 1 aromatic carbocycles. The Morgan fingerprint density at radius 1 is 1.44 bits per heavy atom. The molecule has 0 saturated heterocycles. The molecule has 0 fully saturated rings. The summed E-state index contributed by atoms with van der Waals surface area (Å²) in [5.74, 6) is 0. The van der Waals surface area contributed by atoms with Crippen LogP contribution in [0.15, 0.2) is 30.4 Å². The molecule has 0 bridgehead atoms. The predicted molar refractivity (Wildman–Crippen MR) is 66.2 cm³/mol. The number of carbonyl (C=O) groups excluding carboxylic acids is 1. The van der Waals surface area contributed by atoms with Crippen LogP contribution in [0.4, 0.5) is 10.5 Å². The first-order valence-electron chi connectivity index (χ1n) is 4.63. The second-order valence-electron chi connectivity index (χ2n) is 2.92. The first kappa shape index (κ1) is 12.9. The zero-order chi connectivity index (χ0) is 12.0. The molecule has 0 heterocycles. The molecule has 1 amide bonds. The first-order valence-corrected chi connectivity index (χ1v) is 5.39. The summed E-state index contributed by atoms with van der Waals surface area (Å²) in [6, 6.07) is 4.80. The summed E-state index contributed by atoms with van der Waals surface area (Å²) in [6.07, 6.45) is 3.00. The van der Waals surface area contributed by atoms with Crippen LogP contribution in [-0.2, 0) is 4.74 Å². The van der Waals surface area contributed by atoms with Gasteiger partial charge in [0.1, 0.15) is 6.61 Å². The Balaban J connectivity index is 2.53. The Labute approximate surface area is 104 Å². The van der Waals surface area contributed by atoms with Gasteiger partial charge in [-0.05, 0) is 25.1 Å². The minimum Gasteiger partial charge on any atom is -0.445 e. The predicted octanol–water partition coefficient (Wildman–Crippen LogP) is 4.12. The monoisotopic (exact) mass is 259 g/mol. The first-order chi connectivity index (χ1) is 7.63. The van der Waals surface area contributed by atoms with E-state index in [1.165, 1.54) is 0 Å². The second-order valence-corrected chi connectivity index (χ2v) is 3.74. The number of carbonyl (C=O) groups is 1. The maximum atomic E-state index is 11.2. The Morgan fingerprint density at radius 3 is 2.81 bits per heavy atom. The summed E-state index contributed by atoms with van der Waals surface area (Å²) in [6.45, 7) is 2.09. The van der Waals surface area contributed by atoms with Gasteiger partial charge in [0.05, 0.1) is 10.0 Å². The van der Waals surface area contributed by atoms with Crippen LogP contribution >= 0.6 is 23.2 Å². The topological polar surface area (TPSA) is 38.3 Å². The fraction of sp³-hybridized carbons (Fsp3) is 0.182. The van der Waals surface area contributed by atoms with Gasteiger partial charge in [0.25, 0.3) is 0 Å². The third kappa shape index (κ3) is 4.13. The van der Waals surface area contributed by atoms with E-state index in [1.807, 2.05) is 6.92 Å². The summed E-state index contributed by atoms with van der Waals surface area (Å²) < 4.78 is 4.84. The largest absolute Gasteiger partial charge is 0.445 e. The lowest BCUT2D eigenvalue weighted by Gasteiger charge is -2.05. The number of allylic oxidation sites excluding steroid dienone is 1. The van der Waals surface area contributed by atoms with Crippen LogP contribution in [0, 0.1) is 0 Å². The Kier molecular flexibility index (Phi) is 5.15. The Bertz CT molecular complexity index is 405. The lowest BCUT2D eigenvalue weighted by atomic mass is 10.3. The van der Waals surface area contributed by atoms with Gasteiger partial charge in [-0.3, -0.25) is 5.32 Å². The molecule has 3 nitrogen and oxygen atoms in total. The van der Waals surface area contributed by atoms with Crippen LogP contribution in [0.3, 0.4) is 0 Å². The number of halogens is 2. The highest BCUT2D eigenvalue weighted by molar-refractivity contribution is 6.42. The van der Waals surface area contributed by atoms with Crippen molar-refractivity contribution in [3.05, 3.63) is 40.4 Å². The Hall–Kier alpha value is -1.19. The molecule has 0 aliphatic carbocycles. The molecule has 0 saturated carbocycles. The van der Waals surface area contributed by atoms with Crippen molar-refractivity contribution in [3.8, 4) is 0 Å². The highest BCUT2D eigenvalue weighted by Crippen LogP contribution is 2.24. The minimum absolute atomic E-state index is 0.240. The van der Waals surface area contributed by atoms with Crippen LogP contribution in [0.2, 0.25) is 10.0 Å². The molecule has 1 rings (SSSR count). The van der Waals surface area contributed by atoms with Crippen LogP contribution in [-0.4, -0.2) is 12.7 Å². The van der Waals surface area contributed by atoms with E-state index in [1.54, 1.807) is 30.4 Å². The normalized spacial score (nSPS) is 10.4. The number of hydrogen-bond donors (Lipinski definition) is 1. The molecular weight excluding hydrogens is 249 g/mol. The quantitative estimate of drug-likeness (QED) is 0.830. The van der Waals surface area contributed by atoms with Crippen LogP contribution in [0.1, 0.15) is 6.92 Å². The molecule has 1 N–H and O–H groups in total. The number of ether oxygens (including phenoxy) is 1. The van der Waals surface area contributed by atoms with Crippen LogP contribution in [0.25, 0.3) is 0 Å². The van der Waals surface area contributed by atoms with Gasteiger partial charge >= 0.3 is 6.09 Å². The van der Waals surface area contributed by atoms with Crippen LogP contribution < -0.4 is 5.32 Å². The van der Waals surface area contributed by atoms with E-state index >= 15 is 0 Å². The molecule has 1 aromatic rings. The third-order valence-corrected chi connectivity index (χ3v) is 2.45. The summed E-state index contributed by atoms with van der Waals surface area (Å²) in [7, 11) is 0. The average Bonchev–Trinajstić information content (AvgIpc) is 2.24. The number of rotatable bonds is 3. The van der Waals surface area contributed by atoms with Gasteiger partial charge in [-0.1, -0.05) is 35.4 Å². The second kappa shape index (κ2) is 6.40. The highest BCUT2D eigenvalue weighted by atomic mass is 35.5. The van der Waals surface area contributed by atoms with Gasteiger partial charge in [-0.2, -0.15) is 0 Å². The highest BCUT2D eigenvalue weighted by Gasteiger charge is 2.04. The van der Waals surface area contributed by atoms with Gasteiger partial charge in [0, 0.05) is 5.69 Å². The van der Waals surface area contributed by atoms with Gasteiger partial charge in [0.2, 0.25) is 0 Å². The molecule has 0 unspecified atom stereocenters. The van der Waals surface area contributed by atoms with Gasteiger partial charge < -0.3 is 4.74 Å². The molecular formula is C11H11Cl2NO2. The number of nitrogens with one attached hydrogen (secondary N) is 1. The molecule has 0 aliphatic heterocycles. The van der Waals surface area contributed by atoms with Crippen molar-refractivity contribution in [1.29, 1.82) is 0 Å². The Morgan fingerprint density at radius 2 is 2.19 bits per heavy atom. The lowest BCUT2D eigenvalue weighted by molar-refractivity contribution is 0.174. The summed E-state index contributed by atoms with van der Waals surface area (Å²) in [5, 5.41) is 3.35. The van der Waals surface area contributed by atoms with E-state index < -0.39 is 6.09 Å². The molecule has 0 atom stereocenters. The van der Waals surface area contributed by atoms with Gasteiger partial charge in [-0.15, -0.1) is 0 Å². The number of amides is 1. The van der Waals surface area contributed by atoms with E-state index in [0.717, 1.165) is 0 Å². The average molecular weight is 260 g/mol. The number of hydrogen-bond acceptors (Lipinski definition) is 2. The minimum atomic E-state index is -0.531. The van der Waals surface area contributed by atoms with Crippen molar-refractivity contribution in [1.82, 2.24) is 0 Å². The lowest BCUT2D eigenvalue weighted by Crippen LogP contribution is -2.13. The zero-order valence-electron chi connectivity index (χ0n) is 8.67. The summed E-state index contributed by atoms with van der Waals surface area (Å²) in [4.78, 5) is 11.2. The SMILES string of the molecule is C/C=C/COC(=O)Nc1ccc(Cl)c(Cl)c1. The van der Waals surface area contributed by atoms with Crippen molar-refractivity contribution < 1.29 is 9.53 Å². The maximum Gasteiger partial charge on any atom is 0.411 e. The maximum absolute atomic E-state index is 11.2. The molecule has 0 aromatic heterocycles. The van der Waals surface area contributed by atoms with Crippen molar-refractivity contribution >= 4 is 35.0 Å². The van der Waals surface area contributed by atoms with E-state index in [0.29, 0.717) is 15.7 Å². The number of anilines is 1. The number of benzene rings is 1.